The molecule has 0 atom stereocenters. The highest BCUT2D eigenvalue weighted by atomic mass is 16.2. The van der Waals surface area contributed by atoms with E-state index in [1.165, 1.54) is 0 Å². The normalized spacial score (nSPS) is 13.4. The van der Waals surface area contributed by atoms with Gasteiger partial charge in [-0.15, -0.1) is 0 Å². The quantitative estimate of drug-likeness (QED) is 0.469. The van der Waals surface area contributed by atoms with Gasteiger partial charge >= 0.3 is 0 Å². The van der Waals surface area contributed by atoms with Crippen LogP contribution >= 0.6 is 0 Å². The van der Waals surface area contributed by atoms with Crippen LogP contribution in [0.3, 0.4) is 0 Å². The molecular formula is C26H20N4O3. The predicted molar refractivity (Wildman–Crippen MR) is 125 cm³/mol. The highest BCUT2D eigenvalue weighted by Gasteiger charge is 2.32. The number of benzene rings is 3. The second-order valence-corrected chi connectivity index (χ2v) is 7.64. The molecule has 3 aromatic carbocycles. The summed E-state index contributed by atoms with van der Waals surface area (Å²) in [6, 6.07) is 25.7. The first-order chi connectivity index (χ1) is 16.1. The summed E-state index contributed by atoms with van der Waals surface area (Å²) in [5.41, 5.74) is 3.87. The first kappa shape index (κ1) is 20.4. The van der Waals surface area contributed by atoms with Crippen molar-refractivity contribution >= 4 is 29.1 Å². The number of imide groups is 1. The molecule has 4 aromatic rings. The largest absolute Gasteiger partial charge is 0.320 e. The number of nitrogens with one attached hydrogen (secondary N) is 1. The van der Waals surface area contributed by atoms with Crippen LogP contribution in [0.15, 0.2) is 91.1 Å². The summed E-state index contributed by atoms with van der Waals surface area (Å²) < 4.78 is 1.78. The minimum Gasteiger partial charge on any atom is -0.320 e. The minimum absolute atomic E-state index is 0.177. The van der Waals surface area contributed by atoms with E-state index in [0.29, 0.717) is 16.9 Å². The SMILES string of the molecule is O=C(Nc1ccccc1N1C(=O)CCC1=O)c1cccc(-n2nccc2-c2ccccc2)c1. The molecular weight excluding hydrogens is 416 g/mol. The number of para-hydroxylation sites is 2. The number of hydrogen-bond acceptors (Lipinski definition) is 4. The number of nitrogens with zero attached hydrogens (tertiary/aromatic N) is 3. The number of amides is 3. The molecule has 1 aliphatic heterocycles. The number of carbonyl (C=O) groups excluding carboxylic acids is 3. The van der Waals surface area contributed by atoms with Crippen LogP contribution in [-0.2, 0) is 9.59 Å². The maximum atomic E-state index is 13.1. The lowest BCUT2D eigenvalue weighted by Crippen LogP contribution is -2.29. The maximum absolute atomic E-state index is 13.1. The van der Waals surface area contributed by atoms with Gasteiger partial charge in [-0.3, -0.25) is 14.4 Å². The van der Waals surface area contributed by atoms with Gasteiger partial charge in [0.05, 0.1) is 29.0 Å². The summed E-state index contributed by atoms with van der Waals surface area (Å²) in [5.74, 6) is -0.886. The fourth-order valence-corrected chi connectivity index (χ4v) is 3.93. The maximum Gasteiger partial charge on any atom is 0.255 e. The molecule has 0 spiro atoms. The molecule has 5 rings (SSSR count). The minimum atomic E-state index is -0.350. The molecule has 0 unspecified atom stereocenters. The Bertz CT molecular complexity index is 1340. The third-order valence-corrected chi connectivity index (χ3v) is 5.51. The molecule has 0 aliphatic carbocycles. The van der Waals surface area contributed by atoms with Crippen molar-refractivity contribution in [1.82, 2.24) is 9.78 Å². The van der Waals surface area contributed by atoms with Crippen molar-refractivity contribution in [3.8, 4) is 16.9 Å². The molecule has 1 N–H and O–H groups in total. The zero-order chi connectivity index (χ0) is 22.8. The van der Waals surface area contributed by atoms with Gasteiger partial charge in [-0.05, 0) is 36.4 Å². The molecule has 0 saturated carbocycles. The van der Waals surface area contributed by atoms with E-state index in [-0.39, 0.29) is 30.6 Å². The van der Waals surface area contributed by atoms with E-state index < -0.39 is 0 Å². The number of rotatable bonds is 5. The lowest BCUT2D eigenvalue weighted by molar-refractivity contribution is -0.121. The fraction of sp³-hybridized carbons (Fsp3) is 0.0769. The van der Waals surface area contributed by atoms with Crippen LogP contribution < -0.4 is 10.2 Å². The fourth-order valence-electron chi connectivity index (χ4n) is 3.93. The van der Waals surface area contributed by atoms with E-state index in [9.17, 15) is 14.4 Å². The molecule has 0 radical (unpaired) electrons. The summed E-state index contributed by atoms with van der Waals surface area (Å²) in [6.45, 7) is 0. The molecule has 0 bridgehead atoms. The molecule has 1 aliphatic rings. The zero-order valence-corrected chi connectivity index (χ0v) is 17.6. The summed E-state index contributed by atoms with van der Waals surface area (Å²) in [5, 5.41) is 7.28. The monoisotopic (exact) mass is 436 g/mol. The third kappa shape index (κ3) is 3.92. The molecule has 3 amide bonds. The van der Waals surface area contributed by atoms with Crippen molar-refractivity contribution in [2.75, 3.05) is 10.2 Å². The second kappa shape index (κ2) is 8.55. The van der Waals surface area contributed by atoms with E-state index in [1.54, 1.807) is 53.3 Å². The first-order valence-electron chi connectivity index (χ1n) is 10.6. The molecule has 1 saturated heterocycles. The van der Waals surface area contributed by atoms with Crippen LogP contribution in [0.25, 0.3) is 16.9 Å². The van der Waals surface area contributed by atoms with Crippen molar-refractivity contribution in [1.29, 1.82) is 0 Å². The van der Waals surface area contributed by atoms with Gasteiger partial charge in [-0.25, -0.2) is 9.58 Å². The van der Waals surface area contributed by atoms with Crippen molar-refractivity contribution in [2.45, 2.75) is 12.8 Å². The molecule has 1 aromatic heterocycles. The van der Waals surface area contributed by atoms with Crippen molar-refractivity contribution in [3.63, 3.8) is 0 Å². The molecule has 162 valence electrons. The van der Waals surface area contributed by atoms with Gasteiger partial charge < -0.3 is 5.32 Å². The summed E-state index contributed by atoms with van der Waals surface area (Å²) in [7, 11) is 0. The first-order valence-corrected chi connectivity index (χ1v) is 10.6. The van der Waals surface area contributed by atoms with E-state index in [1.807, 2.05) is 42.5 Å². The lowest BCUT2D eigenvalue weighted by Gasteiger charge is -2.18. The molecule has 7 heteroatoms. The van der Waals surface area contributed by atoms with Crippen LogP contribution in [0.2, 0.25) is 0 Å². The Morgan fingerprint density at radius 2 is 1.55 bits per heavy atom. The Hall–Kier alpha value is -4.52. The Labute approximate surface area is 190 Å². The Morgan fingerprint density at radius 1 is 0.818 bits per heavy atom. The molecule has 7 nitrogen and oxygen atoms in total. The Morgan fingerprint density at radius 3 is 2.33 bits per heavy atom. The van der Waals surface area contributed by atoms with Crippen molar-refractivity contribution in [2.24, 2.45) is 0 Å². The van der Waals surface area contributed by atoms with Gasteiger partial charge in [0.2, 0.25) is 11.8 Å². The molecule has 2 heterocycles. The highest BCUT2D eigenvalue weighted by Crippen LogP contribution is 2.30. The van der Waals surface area contributed by atoms with E-state index in [2.05, 4.69) is 10.4 Å². The average molecular weight is 436 g/mol. The number of carbonyl (C=O) groups is 3. The van der Waals surface area contributed by atoms with Crippen LogP contribution in [0, 0.1) is 0 Å². The standard InChI is InChI=1S/C26H20N4O3/c31-24-13-14-25(32)29(24)23-12-5-4-11-21(23)28-26(33)19-9-6-10-20(17-19)30-22(15-16-27-30)18-7-2-1-3-8-18/h1-12,15-17H,13-14H2,(H,28,33). The number of hydrogen-bond donors (Lipinski definition) is 1. The van der Waals surface area contributed by atoms with E-state index in [0.717, 1.165) is 21.8 Å². The van der Waals surface area contributed by atoms with Crippen LogP contribution in [0.1, 0.15) is 23.2 Å². The number of aromatic nitrogens is 2. The van der Waals surface area contributed by atoms with Gasteiger partial charge in [0.25, 0.3) is 5.91 Å². The summed E-state index contributed by atoms with van der Waals surface area (Å²) in [4.78, 5) is 38.6. The smallest absolute Gasteiger partial charge is 0.255 e. The van der Waals surface area contributed by atoms with Crippen LogP contribution in [0.4, 0.5) is 11.4 Å². The molecule has 33 heavy (non-hydrogen) atoms. The van der Waals surface area contributed by atoms with Crippen molar-refractivity contribution < 1.29 is 14.4 Å². The second-order valence-electron chi connectivity index (χ2n) is 7.64. The number of anilines is 2. The molecule has 1 fully saturated rings. The summed E-state index contributed by atoms with van der Waals surface area (Å²) >= 11 is 0. The topological polar surface area (TPSA) is 84.3 Å². The Balaban J connectivity index is 1.44. The van der Waals surface area contributed by atoms with Crippen LogP contribution in [0.5, 0.6) is 0 Å². The van der Waals surface area contributed by atoms with E-state index >= 15 is 0 Å². The third-order valence-electron chi connectivity index (χ3n) is 5.51. The predicted octanol–water partition coefficient (Wildman–Crippen LogP) is 4.45. The van der Waals surface area contributed by atoms with Gasteiger partial charge in [0.15, 0.2) is 0 Å². The van der Waals surface area contributed by atoms with Gasteiger partial charge in [0.1, 0.15) is 0 Å². The van der Waals surface area contributed by atoms with Gasteiger partial charge in [-0.1, -0.05) is 48.5 Å². The average Bonchev–Trinajstić information content (AvgIpc) is 3.47. The zero-order valence-electron chi connectivity index (χ0n) is 17.6. The van der Waals surface area contributed by atoms with Gasteiger partial charge in [0, 0.05) is 24.0 Å². The van der Waals surface area contributed by atoms with Gasteiger partial charge in [-0.2, -0.15) is 5.10 Å². The summed E-state index contributed by atoms with van der Waals surface area (Å²) in [6.07, 6.45) is 2.07. The highest BCUT2D eigenvalue weighted by molar-refractivity contribution is 6.22. The van der Waals surface area contributed by atoms with Crippen LogP contribution in [-0.4, -0.2) is 27.5 Å². The van der Waals surface area contributed by atoms with Crippen molar-refractivity contribution in [3.05, 3.63) is 96.7 Å². The lowest BCUT2D eigenvalue weighted by atomic mass is 10.1. The Kier molecular flexibility index (Phi) is 5.28. The van der Waals surface area contributed by atoms with E-state index in [4.69, 9.17) is 0 Å².